The zero-order valence-corrected chi connectivity index (χ0v) is 55.7. The molecule has 536 valence electrons. The van der Waals surface area contributed by atoms with Gasteiger partial charge in [-0.1, -0.05) is 117 Å². The molecule has 4 heterocycles. The number of imide groups is 4. The summed E-state index contributed by atoms with van der Waals surface area (Å²) < 4.78 is 191. The Hall–Kier alpha value is -9.76. The van der Waals surface area contributed by atoms with Crippen LogP contribution in [0, 0.1) is 61.2 Å². The molecule has 16 nitrogen and oxygen atoms in total. The van der Waals surface area contributed by atoms with Crippen LogP contribution < -0.4 is 29.1 Å². The summed E-state index contributed by atoms with van der Waals surface area (Å²) in [6.07, 6.45) is -22.6. The first-order valence-electron chi connectivity index (χ1n) is 32.3. The van der Waals surface area contributed by atoms with Gasteiger partial charge >= 0.3 is 24.7 Å². The molecule has 0 aromatic heterocycles. The standard InChI is InChI=1S/C44H42F6N4O6.C26H20F6N2O4.C3H8/c1-26-23-27(15-17-34(26)59-21-19-51(2)29-11-7-5-8-12-29)42(43(45,46)47,44(48,49)50)28-16-18-35(60-22-20-52(3)30-13-9-6-10-14-30)33(24-28)54-39(56)32-25-31-36(37(32)41(54)58)40(57)53(4)38(31)55;1-12-3-5-13(6-4-12)24(25(27,28)29,26(30,31)32)14-7-9-15(10-8-14)34-21(36)17-11-16-18(19(17)23(34)38)22(37)33(2)20(16)35;1-3-2/h5-18,23-24,31-32,36-37H,19-22,25H2,1-4H3;3-10,16-19H,11H2,1-2H3;3H2,1-2H3. The van der Waals surface area contributed by atoms with Gasteiger partial charge in [0.25, 0.3) is 0 Å². The second kappa shape index (κ2) is 27.6. The van der Waals surface area contributed by atoms with Crippen LogP contribution in [-0.2, 0) is 49.2 Å². The van der Waals surface area contributed by atoms with Crippen molar-refractivity contribution in [3.05, 3.63) is 179 Å². The van der Waals surface area contributed by atoms with Crippen LogP contribution in [0.15, 0.2) is 146 Å². The second-order valence-electron chi connectivity index (χ2n) is 26.0. The molecule has 2 saturated carbocycles. The summed E-state index contributed by atoms with van der Waals surface area (Å²) in [6, 6.07) is 29.7. The number of carbonyl (C=O) groups excluding carboxylic acids is 8. The predicted molar refractivity (Wildman–Crippen MR) is 345 cm³/mol. The maximum Gasteiger partial charge on any atom is 0.411 e. The van der Waals surface area contributed by atoms with Gasteiger partial charge in [0.05, 0.1) is 71.8 Å². The summed E-state index contributed by atoms with van der Waals surface area (Å²) in [5, 5.41) is 0. The van der Waals surface area contributed by atoms with Crippen molar-refractivity contribution in [1.29, 1.82) is 0 Å². The number of halogens is 12. The molecule has 4 saturated heterocycles. The molecular formula is C73H70F12N6O10. The molecule has 6 fully saturated rings. The number of aryl methyl sites for hydroxylation is 2. The van der Waals surface area contributed by atoms with Crippen LogP contribution in [0.25, 0.3) is 0 Å². The van der Waals surface area contributed by atoms with E-state index in [-0.39, 0.29) is 55.4 Å². The van der Waals surface area contributed by atoms with Crippen LogP contribution in [0.3, 0.4) is 0 Å². The van der Waals surface area contributed by atoms with E-state index in [4.69, 9.17) is 9.47 Å². The van der Waals surface area contributed by atoms with Crippen molar-refractivity contribution in [1.82, 2.24) is 9.80 Å². The minimum atomic E-state index is -6.01. The molecule has 8 amide bonds. The zero-order valence-electron chi connectivity index (χ0n) is 55.7. The highest BCUT2D eigenvalue weighted by atomic mass is 19.4. The molecule has 4 aliphatic heterocycles. The van der Waals surface area contributed by atoms with E-state index >= 15 is 26.3 Å². The van der Waals surface area contributed by atoms with Gasteiger partial charge in [0.1, 0.15) is 24.7 Å². The van der Waals surface area contributed by atoms with Crippen molar-refractivity contribution in [2.24, 2.45) is 47.3 Å². The molecule has 0 spiro atoms. The normalized spacial score (nSPS) is 22.1. The summed E-state index contributed by atoms with van der Waals surface area (Å²) in [5.74, 6) is -14.7. The molecule has 28 heteroatoms. The summed E-state index contributed by atoms with van der Waals surface area (Å²) in [4.78, 5) is 112. The van der Waals surface area contributed by atoms with E-state index < -0.39 is 158 Å². The minimum absolute atomic E-state index is 0.00322. The van der Waals surface area contributed by atoms with E-state index in [9.17, 15) is 64.7 Å². The number of hydrogen-bond acceptors (Lipinski definition) is 12. The Bertz CT molecular complexity index is 4140. The Balaban J connectivity index is 0.000000230. The number of anilines is 4. The number of likely N-dealkylation sites (tertiary alicyclic amines) is 2. The Morgan fingerprint density at radius 2 is 0.743 bits per heavy atom. The molecule has 2 aliphatic carbocycles. The third-order valence-electron chi connectivity index (χ3n) is 19.9. The van der Waals surface area contributed by atoms with Gasteiger partial charge in [-0.25, -0.2) is 4.90 Å². The fourth-order valence-electron chi connectivity index (χ4n) is 14.9. The summed E-state index contributed by atoms with van der Waals surface area (Å²) in [6.45, 7) is 7.57. The number of amides is 8. The molecule has 8 atom stereocenters. The van der Waals surface area contributed by atoms with Crippen LogP contribution in [-0.4, -0.2) is 136 Å². The van der Waals surface area contributed by atoms with Crippen molar-refractivity contribution >= 4 is 70.0 Å². The highest BCUT2D eigenvalue weighted by Crippen LogP contribution is 2.61. The SMILES string of the molecule is CCC.Cc1cc(C(c2ccc(OCCN(C)c3ccccc3)c(N3C(=O)C4CC5C(=O)N(C)C(=O)C5C4C3=O)c2)(C(F)(F)F)C(F)(F)F)ccc1OCCN(C)c1ccccc1.Cc1ccc(C(c2ccc(N3C(=O)C4CC5C(=O)N(C)C(=O)C5C4C3=O)cc2)(C(F)(F)F)C(F)(F)F)cc1. The topological polar surface area (TPSA) is 174 Å². The first kappa shape index (κ1) is 73.9. The second-order valence-corrected chi connectivity index (χ2v) is 26.0. The molecule has 0 radical (unpaired) electrons. The van der Waals surface area contributed by atoms with E-state index in [1.807, 2.05) is 60.5 Å². The minimum Gasteiger partial charge on any atom is -0.491 e. The number of rotatable bonds is 16. The number of para-hydroxylation sites is 2. The van der Waals surface area contributed by atoms with Crippen LogP contribution in [0.2, 0.25) is 0 Å². The Labute approximate surface area is 572 Å². The Morgan fingerprint density at radius 3 is 1.16 bits per heavy atom. The Kier molecular flexibility index (Phi) is 20.2. The molecular weight excluding hydrogens is 1350 g/mol. The highest BCUT2D eigenvalue weighted by molar-refractivity contribution is 6.26. The molecule has 6 aromatic carbocycles. The van der Waals surface area contributed by atoms with Crippen LogP contribution in [0.4, 0.5) is 75.4 Å². The largest absolute Gasteiger partial charge is 0.491 e. The molecule has 101 heavy (non-hydrogen) atoms. The number of benzene rings is 6. The number of fused-ring (bicyclic) bond motifs is 6. The van der Waals surface area contributed by atoms with Gasteiger partial charge in [-0.2, -0.15) is 52.7 Å². The van der Waals surface area contributed by atoms with Crippen molar-refractivity contribution < 1.29 is 101 Å². The molecule has 6 aliphatic rings. The molecule has 0 N–H and O–H groups in total. The van der Waals surface area contributed by atoms with Crippen LogP contribution in [0.5, 0.6) is 11.5 Å². The first-order valence-corrected chi connectivity index (χ1v) is 32.3. The van der Waals surface area contributed by atoms with Gasteiger partial charge < -0.3 is 19.3 Å². The maximum absolute atomic E-state index is 15.6. The summed E-state index contributed by atoms with van der Waals surface area (Å²) >= 11 is 0. The average molecular weight is 1420 g/mol. The fraction of sp³-hybridized carbons (Fsp3) is 0.397. The summed E-state index contributed by atoms with van der Waals surface area (Å²) in [7, 11) is 6.08. The molecule has 6 aromatic rings. The lowest BCUT2D eigenvalue weighted by molar-refractivity contribution is -0.290. The van der Waals surface area contributed by atoms with Gasteiger partial charge in [-0.05, 0) is 109 Å². The van der Waals surface area contributed by atoms with E-state index in [2.05, 4.69) is 13.8 Å². The Morgan fingerprint density at radius 1 is 0.406 bits per heavy atom. The van der Waals surface area contributed by atoms with Crippen molar-refractivity contribution in [2.45, 2.75) is 82.5 Å². The number of likely N-dealkylation sites (N-methyl/N-ethyl adjacent to an activating group) is 2. The van der Waals surface area contributed by atoms with Crippen molar-refractivity contribution in [3.63, 3.8) is 0 Å². The smallest absolute Gasteiger partial charge is 0.411 e. The van der Waals surface area contributed by atoms with Gasteiger partial charge in [0, 0.05) is 39.6 Å². The number of ether oxygens (including phenoxy) is 2. The fourth-order valence-corrected chi connectivity index (χ4v) is 14.9. The van der Waals surface area contributed by atoms with Gasteiger partial charge in [-0.15, -0.1) is 0 Å². The quantitative estimate of drug-likeness (QED) is 0.0663. The molecule has 12 rings (SSSR count). The van der Waals surface area contributed by atoms with Crippen LogP contribution >= 0.6 is 0 Å². The monoisotopic (exact) mass is 1420 g/mol. The van der Waals surface area contributed by atoms with E-state index in [1.54, 1.807) is 24.1 Å². The van der Waals surface area contributed by atoms with E-state index in [0.717, 1.165) is 75.8 Å². The average Bonchev–Trinajstić information content (AvgIpc) is 0.882. The molecule has 8 unspecified atom stereocenters. The lowest BCUT2D eigenvalue weighted by Gasteiger charge is -2.39. The van der Waals surface area contributed by atoms with Gasteiger partial charge in [0.2, 0.25) is 58.1 Å². The predicted octanol–water partition coefficient (Wildman–Crippen LogP) is 12.7. The van der Waals surface area contributed by atoms with E-state index in [0.29, 0.717) is 52.2 Å². The van der Waals surface area contributed by atoms with Gasteiger partial charge in [-0.3, -0.25) is 53.1 Å². The summed E-state index contributed by atoms with van der Waals surface area (Å²) in [5.41, 5.74) is -12.4. The first-order chi connectivity index (χ1) is 47.4. The number of alkyl halides is 12. The van der Waals surface area contributed by atoms with E-state index in [1.165, 1.54) is 34.4 Å². The van der Waals surface area contributed by atoms with Gasteiger partial charge in [0.15, 0.2) is 0 Å². The number of hydrogen-bond donors (Lipinski definition) is 0. The van der Waals surface area contributed by atoms with Crippen molar-refractivity contribution in [3.8, 4) is 11.5 Å². The third-order valence-corrected chi connectivity index (χ3v) is 19.9. The lowest BCUT2D eigenvalue weighted by Crippen LogP contribution is -2.55. The highest BCUT2D eigenvalue weighted by Gasteiger charge is 2.75. The number of carbonyl (C=O) groups is 8. The van der Waals surface area contributed by atoms with Crippen molar-refractivity contribution in [2.75, 3.05) is 74.1 Å². The van der Waals surface area contributed by atoms with Crippen LogP contribution in [0.1, 0.15) is 66.5 Å². The maximum atomic E-state index is 15.6. The molecule has 0 bridgehead atoms. The lowest BCUT2D eigenvalue weighted by atomic mass is 9.72. The number of nitrogens with zero attached hydrogens (tertiary/aromatic N) is 6. The zero-order chi connectivity index (χ0) is 74.0. The third kappa shape index (κ3) is 12.6.